The van der Waals surface area contributed by atoms with Crippen LogP contribution in [0.5, 0.6) is 0 Å². The summed E-state index contributed by atoms with van der Waals surface area (Å²) in [5.41, 5.74) is 7.19. The van der Waals surface area contributed by atoms with Crippen molar-refractivity contribution in [3.8, 4) is 0 Å². The van der Waals surface area contributed by atoms with E-state index in [4.69, 9.17) is 5.73 Å². The number of nitrogens with two attached hydrogens (primary N) is 1. The van der Waals surface area contributed by atoms with Crippen LogP contribution in [0.1, 0.15) is 35.4 Å². The molecule has 6 heteroatoms. The van der Waals surface area contributed by atoms with Gasteiger partial charge in [-0.2, -0.15) is 0 Å². The second kappa shape index (κ2) is 5.99. The van der Waals surface area contributed by atoms with Crippen LogP contribution in [0, 0.1) is 5.92 Å². The van der Waals surface area contributed by atoms with Gasteiger partial charge in [-0.05, 0) is 43.7 Å². The standard InChI is InChI=1S/C15H19N3O2S/c16-12-13-11(2-1-7-17-13)21-14(12)15(20)18-8-9-3-5-10(19)6-4-9/h1-2,7,9-10,19H,3-6,8,16H2,(H,18,20). The summed E-state index contributed by atoms with van der Waals surface area (Å²) in [5.74, 6) is 0.327. The topological polar surface area (TPSA) is 88.2 Å². The number of nitrogens with one attached hydrogen (secondary N) is 1. The Kier molecular flexibility index (Phi) is 4.07. The van der Waals surface area contributed by atoms with E-state index >= 15 is 0 Å². The van der Waals surface area contributed by atoms with E-state index < -0.39 is 0 Å². The van der Waals surface area contributed by atoms with Crippen LogP contribution in [0.4, 0.5) is 5.69 Å². The molecule has 1 aliphatic carbocycles. The van der Waals surface area contributed by atoms with Gasteiger partial charge in [-0.1, -0.05) is 0 Å². The van der Waals surface area contributed by atoms with Crippen molar-refractivity contribution in [1.82, 2.24) is 10.3 Å². The quantitative estimate of drug-likeness (QED) is 0.811. The zero-order chi connectivity index (χ0) is 14.8. The Balaban J connectivity index is 1.65. The number of carbonyl (C=O) groups is 1. The first-order chi connectivity index (χ1) is 10.1. The number of nitrogen functional groups attached to an aromatic ring is 1. The number of anilines is 1. The SMILES string of the molecule is Nc1c(C(=O)NCC2CCC(O)CC2)sc2cccnc12. The van der Waals surface area contributed by atoms with Crippen molar-refractivity contribution in [2.45, 2.75) is 31.8 Å². The van der Waals surface area contributed by atoms with Crippen LogP contribution < -0.4 is 11.1 Å². The summed E-state index contributed by atoms with van der Waals surface area (Å²) in [6, 6.07) is 3.76. The number of aliphatic hydroxyl groups is 1. The highest BCUT2D eigenvalue weighted by Gasteiger charge is 2.21. The lowest BCUT2D eigenvalue weighted by Crippen LogP contribution is -2.32. The van der Waals surface area contributed by atoms with E-state index in [1.165, 1.54) is 11.3 Å². The second-order valence-electron chi connectivity index (χ2n) is 5.58. The lowest BCUT2D eigenvalue weighted by Gasteiger charge is -2.25. The Hall–Kier alpha value is -1.66. The fraction of sp³-hybridized carbons (Fsp3) is 0.467. The Morgan fingerprint density at radius 3 is 2.90 bits per heavy atom. The fourth-order valence-electron chi connectivity index (χ4n) is 2.78. The number of thiophene rings is 1. The summed E-state index contributed by atoms with van der Waals surface area (Å²) < 4.78 is 0.931. The van der Waals surface area contributed by atoms with Gasteiger partial charge in [0.1, 0.15) is 10.4 Å². The number of fused-ring (bicyclic) bond motifs is 1. The van der Waals surface area contributed by atoms with Gasteiger partial charge in [0.15, 0.2) is 0 Å². The van der Waals surface area contributed by atoms with Crippen molar-refractivity contribution in [2.24, 2.45) is 5.92 Å². The van der Waals surface area contributed by atoms with Crippen molar-refractivity contribution in [3.63, 3.8) is 0 Å². The number of amides is 1. The molecule has 0 saturated heterocycles. The summed E-state index contributed by atoms with van der Waals surface area (Å²) in [7, 11) is 0. The predicted octanol–water partition coefficient (Wildman–Crippen LogP) is 2.16. The number of hydrogen-bond acceptors (Lipinski definition) is 5. The number of hydrogen-bond donors (Lipinski definition) is 3. The highest BCUT2D eigenvalue weighted by molar-refractivity contribution is 7.21. The lowest BCUT2D eigenvalue weighted by atomic mass is 9.87. The summed E-state index contributed by atoms with van der Waals surface area (Å²) in [4.78, 5) is 17.0. The highest BCUT2D eigenvalue weighted by Crippen LogP contribution is 2.32. The van der Waals surface area contributed by atoms with E-state index in [1.54, 1.807) is 6.20 Å². The maximum absolute atomic E-state index is 12.3. The minimum Gasteiger partial charge on any atom is -0.396 e. The molecule has 0 spiro atoms. The first kappa shape index (κ1) is 14.3. The smallest absolute Gasteiger partial charge is 0.263 e. The van der Waals surface area contributed by atoms with Crippen LogP contribution in [0.25, 0.3) is 10.2 Å². The molecule has 2 aromatic heterocycles. The summed E-state index contributed by atoms with van der Waals surface area (Å²) >= 11 is 1.38. The molecule has 1 amide bonds. The summed E-state index contributed by atoms with van der Waals surface area (Å²) in [5, 5.41) is 12.5. The molecule has 1 saturated carbocycles. The minimum absolute atomic E-state index is 0.123. The van der Waals surface area contributed by atoms with Crippen LogP contribution in [-0.4, -0.2) is 28.6 Å². The van der Waals surface area contributed by atoms with Gasteiger partial charge in [-0.25, -0.2) is 0 Å². The van der Waals surface area contributed by atoms with Gasteiger partial charge in [0, 0.05) is 12.7 Å². The zero-order valence-electron chi connectivity index (χ0n) is 11.7. The molecule has 4 N–H and O–H groups in total. The van der Waals surface area contributed by atoms with Crippen molar-refractivity contribution in [3.05, 3.63) is 23.2 Å². The molecule has 0 bridgehead atoms. The van der Waals surface area contributed by atoms with Crippen molar-refractivity contribution >= 4 is 33.1 Å². The Morgan fingerprint density at radius 1 is 1.43 bits per heavy atom. The molecule has 5 nitrogen and oxygen atoms in total. The van der Waals surface area contributed by atoms with Crippen molar-refractivity contribution < 1.29 is 9.90 Å². The van der Waals surface area contributed by atoms with Gasteiger partial charge >= 0.3 is 0 Å². The third-order valence-electron chi connectivity index (χ3n) is 4.06. The van der Waals surface area contributed by atoms with Gasteiger partial charge < -0.3 is 16.2 Å². The molecule has 21 heavy (non-hydrogen) atoms. The van der Waals surface area contributed by atoms with E-state index in [0.29, 0.717) is 28.5 Å². The van der Waals surface area contributed by atoms with E-state index in [2.05, 4.69) is 10.3 Å². The number of aliphatic hydroxyl groups excluding tert-OH is 1. The number of rotatable bonds is 3. The maximum atomic E-state index is 12.3. The van der Waals surface area contributed by atoms with Crippen molar-refractivity contribution in [1.29, 1.82) is 0 Å². The van der Waals surface area contributed by atoms with Gasteiger partial charge in [0.25, 0.3) is 5.91 Å². The lowest BCUT2D eigenvalue weighted by molar-refractivity contribution is 0.0914. The highest BCUT2D eigenvalue weighted by atomic mass is 32.1. The molecular weight excluding hydrogens is 286 g/mol. The molecule has 3 rings (SSSR count). The normalized spacial score (nSPS) is 22.3. The van der Waals surface area contributed by atoms with Gasteiger partial charge in [0.05, 0.1) is 16.5 Å². The average Bonchev–Trinajstić information content (AvgIpc) is 2.84. The van der Waals surface area contributed by atoms with E-state index in [0.717, 1.165) is 30.4 Å². The average molecular weight is 305 g/mol. The molecule has 1 fully saturated rings. The Labute approximate surface area is 127 Å². The molecule has 0 aliphatic heterocycles. The van der Waals surface area contributed by atoms with Crippen LogP contribution in [0.2, 0.25) is 0 Å². The van der Waals surface area contributed by atoms with Crippen LogP contribution in [0.15, 0.2) is 18.3 Å². The molecule has 2 aromatic rings. The third-order valence-corrected chi connectivity index (χ3v) is 5.22. The number of aromatic nitrogens is 1. The summed E-state index contributed by atoms with van der Waals surface area (Å²) in [6.07, 6.45) is 5.10. The first-order valence-corrected chi connectivity index (χ1v) is 8.06. The molecule has 0 radical (unpaired) electrons. The molecule has 1 aliphatic rings. The molecule has 0 atom stereocenters. The monoisotopic (exact) mass is 305 g/mol. The summed E-state index contributed by atoms with van der Waals surface area (Å²) in [6.45, 7) is 0.646. The molecule has 2 heterocycles. The molecular formula is C15H19N3O2S. The van der Waals surface area contributed by atoms with Crippen LogP contribution >= 0.6 is 11.3 Å². The Morgan fingerprint density at radius 2 is 2.19 bits per heavy atom. The number of pyridine rings is 1. The van der Waals surface area contributed by atoms with Gasteiger partial charge in [-0.3, -0.25) is 9.78 Å². The zero-order valence-corrected chi connectivity index (χ0v) is 12.5. The van der Waals surface area contributed by atoms with Crippen LogP contribution in [0.3, 0.4) is 0 Å². The molecule has 112 valence electrons. The maximum Gasteiger partial charge on any atom is 0.263 e. The molecule has 0 aromatic carbocycles. The molecule has 0 unspecified atom stereocenters. The number of nitrogens with zero attached hydrogens (tertiary/aromatic N) is 1. The van der Waals surface area contributed by atoms with Gasteiger partial charge in [-0.15, -0.1) is 11.3 Å². The second-order valence-corrected chi connectivity index (χ2v) is 6.63. The largest absolute Gasteiger partial charge is 0.396 e. The van der Waals surface area contributed by atoms with Crippen LogP contribution in [-0.2, 0) is 0 Å². The minimum atomic E-state index is -0.165. The van der Waals surface area contributed by atoms with Gasteiger partial charge in [0.2, 0.25) is 0 Å². The van der Waals surface area contributed by atoms with Crippen molar-refractivity contribution in [2.75, 3.05) is 12.3 Å². The van der Waals surface area contributed by atoms with E-state index in [-0.39, 0.29) is 12.0 Å². The van der Waals surface area contributed by atoms with E-state index in [1.807, 2.05) is 12.1 Å². The fourth-order valence-corrected chi connectivity index (χ4v) is 3.78. The van der Waals surface area contributed by atoms with E-state index in [9.17, 15) is 9.90 Å². The Bertz CT molecular complexity index is 647. The number of carbonyl (C=O) groups excluding carboxylic acids is 1. The third kappa shape index (κ3) is 3.01. The predicted molar refractivity (Wildman–Crippen MR) is 84.3 cm³/mol. The first-order valence-electron chi connectivity index (χ1n) is 7.24.